The molecule has 0 spiro atoms. The standard InChI is InChI=1S/C14H17NO2S/c1-8-3-2-4-9-12(14(16)17)10-7-18-6-5-11(10)15-13(8)9/h2-4,10-12,15H,5-7H2,1H3,(H,16,17). The third-order valence-electron chi connectivity index (χ3n) is 4.06. The molecule has 2 N–H and O–H groups in total. The van der Waals surface area contributed by atoms with Gasteiger partial charge < -0.3 is 10.4 Å². The number of carboxylic acids is 1. The zero-order valence-corrected chi connectivity index (χ0v) is 11.2. The molecule has 96 valence electrons. The van der Waals surface area contributed by atoms with Crippen molar-refractivity contribution in [2.24, 2.45) is 5.92 Å². The number of carboxylic acid groups (broad SMARTS) is 1. The van der Waals surface area contributed by atoms with Crippen molar-refractivity contribution in [2.45, 2.75) is 25.3 Å². The molecule has 2 aliphatic heterocycles. The minimum atomic E-state index is -0.680. The van der Waals surface area contributed by atoms with Gasteiger partial charge in [-0.15, -0.1) is 0 Å². The number of benzene rings is 1. The first-order valence-electron chi connectivity index (χ1n) is 6.35. The van der Waals surface area contributed by atoms with Crippen LogP contribution in [0.15, 0.2) is 18.2 Å². The third-order valence-corrected chi connectivity index (χ3v) is 5.21. The zero-order valence-electron chi connectivity index (χ0n) is 10.3. The van der Waals surface area contributed by atoms with E-state index in [-0.39, 0.29) is 11.8 Å². The van der Waals surface area contributed by atoms with E-state index >= 15 is 0 Å². The van der Waals surface area contributed by atoms with E-state index in [1.807, 2.05) is 36.9 Å². The highest BCUT2D eigenvalue weighted by molar-refractivity contribution is 7.99. The number of para-hydroxylation sites is 1. The highest BCUT2D eigenvalue weighted by Gasteiger charge is 2.42. The Kier molecular flexibility index (Phi) is 2.98. The summed E-state index contributed by atoms with van der Waals surface area (Å²) >= 11 is 1.88. The maximum Gasteiger partial charge on any atom is 0.311 e. The molecule has 1 saturated heterocycles. The molecular formula is C14H17NO2S. The van der Waals surface area contributed by atoms with Crippen LogP contribution in [0, 0.1) is 12.8 Å². The van der Waals surface area contributed by atoms with Crippen LogP contribution < -0.4 is 5.32 Å². The van der Waals surface area contributed by atoms with Crippen molar-refractivity contribution in [1.82, 2.24) is 0 Å². The molecule has 2 heterocycles. The molecule has 3 atom stereocenters. The second-order valence-corrected chi connectivity index (χ2v) is 6.28. The minimum Gasteiger partial charge on any atom is -0.481 e. The number of carbonyl (C=O) groups is 1. The van der Waals surface area contributed by atoms with Gasteiger partial charge in [0.25, 0.3) is 0 Å². The van der Waals surface area contributed by atoms with Gasteiger partial charge in [-0.1, -0.05) is 18.2 Å². The molecule has 3 rings (SSSR count). The lowest BCUT2D eigenvalue weighted by Gasteiger charge is -2.42. The number of thioether (sulfide) groups is 1. The number of fused-ring (bicyclic) bond motifs is 2. The largest absolute Gasteiger partial charge is 0.481 e. The van der Waals surface area contributed by atoms with Crippen molar-refractivity contribution in [3.63, 3.8) is 0 Å². The van der Waals surface area contributed by atoms with Crippen LogP contribution in [0.5, 0.6) is 0 Å². The molecule has 1 aromatic rings. The van der Waals surface area contributed by atoms with Gasteiger partial charge in [0.15, 0.2) is 0 Å². The van der Waals surface area contributed by atoms with Gasteiger partial charge in [-0.2, -0.15) is 11.8 Å². The molecule has 0 bridgehead atoms. The van der Waals surface area contributed by atoms with Gasteiger partial charge in [0.2, 0.25) is 0 Å². The Hall–Kier alpha value is -1.16. The maximum absolute atomic E-state index is 11.6. The SMILES string of the molecule is Cc1cccc2c1NC1CCSCC1C2C(=O)O. The predicted octanol–water partition coefficient (Wildman–Crippen LogP) is 2.71. The molecule has 0 aliphatic carbocycles. The minimum absolute atomic E-state index is 0.218. The van der Waals surface area contributed by atoms with Gasteiger partial charge in [-0.3, -0.25) is 4.79 Å². The van der Waals surface area contributed by atoms with Crippen LogP contribution in [0.2, 0.25) is 0 Å². The summed E-state index contributed by atoms with van der Waals surface area (Å²) in [4.78, 5) is 11.6. The van der Waals surface area contributed by atoms with Crippen molar-refractivity contribution in [2.75, 3.05) is 16.8 Å². The summed E-state index contributed by atoms with van der Waals surface area (Å²) < 4.78 is 0. The van der Waals surface area contributed by atoms with Crippen LogP contribution in [0.3, 0.4) is 0 Å². The highest BCUT2D eigenvalue weighted by atomic mass is 32.2. The Balaban J connectivity index is 2.10. The molecule has 3 unspecified atom stereocenters. The Morgan fingerprint density at radius 1 is 1.50 bits per heavy atom. The lowest BCUT2D eigenvalue weighted by atomic mass is 9.76. The van der Waals surface area contributed by atoms with Crippen LogP contribution >= 0.6 is 11.8 Å². The van der Waals surface area contributed by atoms with Gasteiger partial charge in [0.05, 0.1) is 5.92 Å². The van der Waals surface area contributed by atoms with Gasteiger partial charge in [0, 0.05) is 17.6 Å². The Bertz CT molecular complexity index is 489. The second kappa shape index (κ2) is 4.50. The molecule has 0 aromatic heterocycles. The number of nitrogens with one attached hydrogen (secondary N) is 1. The first kappa shape index (κ1) is 11.9. The van der Waals surface area contributed by atoms with Crippen LogP contribution in [-0.4, -0.2) is 28.6 Å². The van der Waals surface area contributed by atoms with Gasteiger partial charge in [-0.25, -0.2) is 0 Å². The van der Waals surface area contributed by atoms with Crippen LogP contribution in [0.25, 0.3) is 0 Å². The third kappa shape index (κ3) is 1.79. The average Bonchev–Trinajstić information content (AvgIpc) is 2.36. The molecule has 1 fully saturated rings. The van der Waals surface area contributed by atoms with E-state index in [2.05, 4.69) is 5.32 Å². The maximum atomic E-state index is 11.6. The number of aliphatic carboxylic acids is 1. The Labute approximate surface area is 111 Å². The van der Waals surface area contributed by atoms with Crippen molar-refractivity contribution in [3.05, 3.63) is 29.3 Å². The number of rotatable bonds is 1. The van der Waals surface area contributed by atoms with Crippen LogP contribution in [0.1, 0.15) is 23.5 Å². The summed E-state index contributed by atoms with van der Waals surface area (Å²) in [6.45, 7) is 2.04. The Morgan fingerprint density at radius 3 is 3.11 bits per heavy atom. The number of anilines is 1. The molecule has 2 aliphatic rings. The normalized spacial score (nSPS) is 29.9. The van der Waals surface area contributed by atoms with E-state index in [9.17, 15) is 9.90 Å². The van der Waals surface area contributed by atoms with E-state index in [0.29, 0.717) is 6.04 Å². The second-order valence-electron chi connectivity index (χ2n) is 5.13. The molecule has 0 amide bonds. The van der Waals surface area contributed by atoms with Crippen LogP contribution in [0.4, 0.5) is 5.69 Å². The Morgan fingerprint density at radius 2 is 2.33 bits per heavy atom. The summed E-state index contributed by atoms with van der Waals surface area (Å²) in [5.74, 6) is 1.26. The monoisotopic (exact) mass is 263 g/mol. The zero-order chi connectivity index (χ0) is 12.7. The van der Waals surface area contributed by atoms with E-state index in [0.717, 1.165) is 34.7 Å². The summed E-state index contributed by atoms with van der Waals surface area (Å²) in [5, 5.41) is 13.2. The fourth-order valence-electron chi connectivity index (χ4n) is 3.15. The number of hydrogen-bond acceptors (Lipinski definition) is 3. The van der Waals surface area contributed by atoms with Crippen molar-refractivity contribution in [3.8, 4) is 0 Å². The topological polar surface area (TPSA) is 49.3 Å². The molecule has 18 heavy (non-hydrogen) atoms. The van der Waals surface area contributed by atoms with Gasteiger partial charge in [0.1, 0.15) is 0 Å². The summed E-state index contributed by atoms with van der Waals surface area (Å²) in [7, 11) is 0. The molecule has 1 aromatic carbocycles. The molecular weight excluding hydrogens is 246 g/mol. The fourth-order valence-corrected chi connectivity index (χ4v) is 4.43. The lowest BCUT2D eigenvalue weighted by Crippen LogP contribution is -2.44. The van der Waals surface area contributed by atoms with Crippen molar-refractivity contribution < 1.29 is 9.90 Å². The quantitative estimate of drug-likeness (QED) is 0.818. The van der Waals surface area contributed by atoms with Crippen molar-refractivity contribution in [1.29, 1.82) is 0 Å². The molecule has 0 saturated carbocycles. The summed E-state index contributed by atoms with van der Waals surface area (Å²) in [6.07, 6.45) is 1.06. The first-order chi connectivity index (χ1) is 8.68. The van der Waals surface area contributed by atoms with E-state index in [4.69, 9.17) is 0 Å². The fraction of sp³-hybridized carbons (Fsp3) is 0.500. The predicted molar refractivity (Wildman–Crippen MR) is 74.4 cm³/mol. The summed E-state index contributed by atoms with van der Waals surface area (Å²) in [6, 6.07) is 6.29. The smallest absolute Gasteiger partial charge is 0.311 e. The number of hydrogen-bond donors (Lipinski definition) is 2. The van der Waals surface area contributed by atoms with Gasteiger partial charge in [-0.05, 0) is 36.0 Å². The van der Waals surface area contributed by atoms with Crippen molar-refractivity contribution >= 4 is 23.4 Å². The molecule has 4 heteroatoms. The van der Waals surface area contributed by atoms with E-state index in [1.54, 1.807) is 0 Å². The molecule has 0 radical (unpaired) electrons. The first-order valence-corrected chi connectivity index (χ1v) is 7.50. The lowest BCUT2D eigenvalue weighted by molar-refractivity contribution is -0.140. The van der Waals surface area contributed by atoms with E-state index in [1.165, 1.54) is 0 Å². The van der Waals surface area contributed by atoms with E-state index < -0.39 is 5.97 Å². The average molecular weight is 263 g/mol. The highest BCUT2D eigenvalue weighted by Crippen LogP contribution is 2.44. The summed E-state index contributed by atoms with van der Waals surface area (Å²) in [5.41, 5.74) is 3.17. The van der Waals surface area contributed by atoms with Gasteiger partial charge >= 0.3 is 5.97 Å². The molecule has 3 nitrogen and oxygen atoms in total. The number of aryl methyl sites for hydroxylation is 1. The van der Waals surface area contributed by atoms with Crippen LogP contribution in [-0.2, 0) is 4.79 Å².